The minimum absolute atomic E-state index is 0.0445. The first-order chi connectivity index (χ1) is 9.88. The van der Waals surface area contributed by atoms with E-state index in [1.165, 1.54) is 6.42 Å². The summed E-state index contributed by atoms with van der Waals surface area (Å²) in [5, 5.41) is 3.68. The predicted molar refractivity (Wildman–Crippen MR) is 80.3 cm³/mol. The van der Waals surface area contributed by atoms with E-state index in [1.807, 2.05) is 25.7 Å². The molecular weight excluding hydrogens is 268 g/mol. The molecule has 0 aromatic rings. The number of ether oxygens (including phenoxy) is 2. The zero-order valence-corrected chi connectivity index (χ0v) is 13.5. The number of nitrogens with one attached hydrogen (secondary N) is 1. The Morgan fingerprint density at radius 2 is 2.00 bits per heavy atom. The molecule has 1 N–H and O–H groups in total. The van der Waals surface area contributed by atoms with Gasteiger partial charge < -0.3 is 19.7 Å². The van der Waals surface area contributed by atoms with Crippen LogP contribution >= 0.6 is 0 Å². The fourth-order valence-corrected chi connectivity index (χ4v) is 3.66. The van der Waals surface area contributed by atoms with Gasteiger partial charge in [-0.25, -0.2) is 4.79 Å². The second-order valence-electron chi connectivity index (χ2n) is 7.80. The molecule has 2 heterocycles. The Morgan fingerprint density at radius 1 is 1.29 bits per heavy atom. The fourth-order valence-electron chi connectivity index (χ4n) is 3.66. The topological polar surface area (TPSA) is 50.8 Å². The maximum atomic E-state index is 12.5. The molecule has 1 spiro atoms. The van der Waals surface area contributed by atoms with Crippen LogP contribution in [0.1, 0.15) is 52.9 Å². The van der Waals surface area contributed by atoms with Crippen LogP contribution in [0.2, 0.25) is 0 Å². The summed E-state index contributed by atoms with van der Waals surface area (Å²) in [6, 6.07) is 1.03. The van der Waals surface area contributed by atoms with Crippen molar-refractivity contribution in [2.24, 2.45) is 0 Å². The highest BCUT2D eigenvalue weighted by molar-refractivity contribution is 5.69. The van der Waals surface area contributed by atoms with Gasteiger partial charge in [0, 0.05) is 18.1 Å². The van der Waals surface area contributed by atoms with E-state index in [4.69, 9.17) is 9.47 Å². The minimum atomic E-state index is -0.416. The molecule has 0 aromatic heterocycles. The van der Waals surface area contributed by atoms with Crippen molar-refractivity contribution in [3.8, 4) is 0 Å². The number of amides is 1. The van der Waals surface area contributed by atoms with Crippen molar-refractivity contribution in [1.82, 2.24) is 10.2 Å². The predicted octanol–water partition coefficient (Wildman–Crippen LogP) is 2.30. The maximum Gasteiger partial charge on any atom is 0.410 e. The SMILES string of the molecule is CC(C)(C)OC(=O)N1CCC(NC2COC2)CC12CCC2. The highest BCUT2D eigenvalue weighted by Gasteiger charge is 2.50. The van der Waals surface area contributed by atoms with Gasteiger partial charge in [-0.2, -0.15) is 0 Å². The highest BCUT2D eigenvalue weighted by Crippen LogP contribution is 2.45. The van der Waals surface area contributed by atoms with E-state index >= 15 is 0 Å². The third kappa shape index (κ3) is 3.19. The van der Waals surface area contributed by atoms with E-state index in [0.717, 1.165) is 45.4 Å². The minimum Gasteiger partial charge on any atom is -0.444 e. The van der Waals surface area contributed by atoms with Crippen LogP contribution in [0, 0.1) is 0 Å². The van der Waals surface area contributed by atoms with Gasteiger partial charge in [-0.05, 0) is 52.9 Å². The number of likely N-dealkylation sites (tertiary alicyclic amines) is 1. The second-order valence-corrected chi connectivity index (χ2v) is 7.80. The fraction of sp³-hybridized carbons (Fsp3) is 0.938. The molecule has 5 heteroatoms. The Bertz CT molecular complexity index is 397. The van der Waals surface area contributed by atoms with E-state index in [9.17, 15) is 4.79 Å². The summed E-state index contributed by atoms with van der Waals surface area (Å²) >= 11 is 0. The molecule has 3 fully saturated rings. The van der Waals surface area contributed by atoms with Crippen molar-refractivity contribution in [2.45, 2.75) is 76.1 Å². The van der Waals surface area contributed by atoms with Crippen LogP contribution in [0.15, 0.2) is 0 Å². The van der Waals surface area contributed by atoms with Gasteiger partial charge in [-0.3, -0.25) is 0 Å². The van der Waals surface area contributed by atoms with E-state index in [-0.39, 0.29) is 11.6 Å². The summed E-state index contributed by atoms with van der Waals surface area (Å²) in [6.07, 6.45) is 5.39. The summed E-state index contributed by atoms with van der Waals surface area (Å²) in [5.41, 5.74) is -0.372. The van der Waals surface area contributed by atoms with Crippen molar-refractivity contribution in [3.63, 3.8) is 0 Å². The molecule has 1 amide bonds. The molecule has 21 heavy (non-hydrogen) atoms. The Labute approximate surface area is 127 Å². The zero-order chi connectivity index (χ0) is 15.1. The van der Waals surface area contributed by atoms with Crippen LogP contribution in [-0.2, 0) is 9.47 Å². The Hall–Kier alpha value is -0.810. The Balaban J connectivity index is 1.62. The van der Waals surface area contributed by atoms with Crippen LogP contribution in [0.5, 0.6) is 0 Å². The summed E-state index contributed by atoms with van der Waals surface area (Å²) in [5.74, 6) is 0. The van der Waals surface area contributed by atoms with Crippen molar-refractivity contribution in [1.29, 1.82) is 0 Å². The van der Waals surface area contributed by atoms with Crippen molar-refractivity contribution < 1.29 is 14.3 Å². The quantitative estimate of drug-likeness (QED) is 0.849. The lowest BCUT2D eigenvalue weighted by Crippen LogP contribution is -2.65. The molecule has 1 aliphatic carbocycles. The molecule has 1 atom stereocenters. The molecule has 3 rings (SSSR count). The van der Waals surface area contributed by atoms with Gasteiger partial charge in [-0.1, -0.05) is 0 Å². The second kappa shape index (κ2) is 5.43. The van der Waals surface area contributed by atoms with E-state index in [1.54, 1.807) is 0 Å². The molecule has 0 radical (unpaired) electrons. The highest BCUT2D eigenvalue weighted by atomic mass is 16.6. The van der Waals surface area contributed by atoms with Crippen LogP contribution in [0.25, 0.3) is 0 Å². The number of nitrogens with zero attached hydrogens (tertiary/aromatic N) is 1. The van der Waals surface area contributed by atoms with Gasteiger partial charge in [0.25, 0.3) is 0 Å². The number of hydrogen-bond acceptors (Lipinski definition) is 4. The van der Waals surface area contributed by atoms with Crippen molar-refractivity contribution in [2.75, 3.05) is 19.8 Å². The molecule has 2 aliphatic heterocycles. The Kier molecular flexibility index (Phi) is 3.91. The number of hydrogen-bond donors (Lipinski definition) is 1. The third-order valence-electron chi connectivity index (χ3n) is 4.91. The molecule has 0 bridgehead atoms. The molecular formula is C16H28N2O3. The summed E-state index contributed by atoms with van der Waals surface area (Å²) in [4.78, 5) is 14.5. The monoisotopic (exact) mass is 296 g/mol. The van der Waals surface area contributed by atoms with Gasteiger partial charge in [0.2, 0.25) is 0 Å². The van der Waals surface area contributed by atoms with Crippen molar-refractivity contribution >= 4 is 6.09 Å². The first kappa shape index (κ1) is 15.1. The van der Waals surface area contributed by atoms with Gasteiger partial charge in [0.15, 0.2) is 0 Å². The number of piperidine rings is 1. The lowest BCUT2D eigenvalue weighted by Gasteiger charge is -2.55. The molecule has 1 saturated carbocycles. The average Bonchev–Trinajstić information content (AvgIpc) is 2.29. The average molecular weight is 296 g/mol. The van der Waals surface area contributed by atoms with Crippen LogP contribution in [0.4, 0.5) is 4.79 Å². The van der Waals surface area contributed by atoms with E-state index < -0.39 is 5.60 Å². The zero-order valence-electron chi connectivity index (χ0n) is 13.5. The van der Waals surface area contributed by atoms with Crippen LogP contribution < -0.4 is 5.32 Å². The van der Waals surface area contributed by atoms with Crippen LogP contribution in [-0.4, -0.2) is 54.0 Å². The molecule has 5 nitrogen and oxygen atoms in total. The van der Waals surface area contributed by atoms with Gasteiger partial charge >= 0.3 is 6.09 Å². The summed E-state index contributed by atoms with van der Waals surface area (Å²) in [7, 11) is 0. The van der Waals surface area contributed by atoms with Crippen LogP contribution in [0.3, 0.4) is 0 Å². The summed E-state index contributed by atoms with van der Waals surface area (Å²) < 4.78 is 10.8. The standard InChI is InChI=1S/C16H28N2O3/c1-15(2,3)21-14(19)18-8-5-12(17-13-10-20-11-13)9-16(18)6-4-7-16/h12-13,17H,4-11H2,1-3H3. The lowest BCUT2D eigenvalue weighted by molar-refractivity contribution is -0.0596. The number of carbonyl (C=O) groups excluding carboxylic acids is 1. The number of carbonyl (C=O) groups is 1. The molecule has 2 saturated heterocycles. The van der Waals surface area contributed by atoms with E-state index in [2.05, 4.69) is 5.32 Å². The van der Waals surface area contributed by atoms with Crippen molar-refractivity contribution in [3.05, 3.63) is 0 Å². The molecule has 120 valence electrons. The van der Waals surface area contributed by atoms with Gasteiger partial charge in [0.05, 0.1) is 19.3 Å². The summed E-state index contributed by atoms with van der Waals surface area (Å²) in [6.45, 7) is 8.27. The Morgan fingerprint density at radius 3 is 2.48 bits per heavy atom. The molecule has 1 unspecified atom stereocenters. The smallest absolute Gasteiger partial charge is 0.410 e. The van der Waals surface area contributed by atoms with Gasteiger partial charge in [-0.15, -0.1) is 0 Å². The van der Waals surface area contributed by atoms with E-state index in [0.29, 0.717) is 12.1 Å². The van der Waals surface area contributed by atoms with Gasteiger partial charge in [0.1, 0.15) is 5.60 Å². The largest absolute Gasteiger partial charge is 0.444 e. The molecule has 3 aliphatic rings. The lowest BCUT2D eigenvalue weighted by atomic mass is 9.69. The first-order valence-corrected chi connectivity index (χ1v) is 8.22. The number of rotatable bonds is 2. The third-order valence-corrected chi connectivity index (χ3v) is 4.91. The maximum absolute atomic E-state index is 12.5. The normalized spacial score (nSPS) is 28.9. The molecule has 0 aromatic carbocycles. The first-order valence-electron chi connectivity index (χ1n) is 8.22.